The van der Waals surface area contributed by atoms with Crippen molar-refractivity contribution in [3.05, 3.63) is 34.9 Å². The molecule has 0 amide bonds. The quantitative estimate of drug-likeness (QED) is 0.578. The van der Waals surface area contributed by atoms with Gasteiger partial charge in [0, 0.05) is 10.4 Å². The third-order valence-corrected chi connectivity index (χ3v) is 4.05. The van der Waals surface area contributed by atoms with Gasteiger partial charge in [0.25, 0.3) is 0 Å². The van der Waals surface area contributed by atoms with E-state index in [1.54, 1.807) is 6.92 Å². The van der Waals surface area contributed by atoms with E-state index in [0.717, 1.165) is 12.8 Å². The second kappa shape index (κ2) is 6.34. The summed E-state index contributed by atoms with van der Waals surface area (Å²) >= 11 is 3.50. The molecule has 1 aromatic rings. The zero-order valence-electron chi connectivity index (χ0n) is 12.4. The Bertz CT molecular complexity index is 435. The summed E-state index contributed by atoms with van der Waals surface area (Å²) < 4.78 is 27.4. The molecule has 0 aliphatic rings. The number of hydrogen-bond donors (Lipinski definition) is 0. The maximum Gasteiger partial charge on any atom is 0.128 e. The fourth-order valence-electron chi connectivity index (χ4n) is 2.51. The van der Waals surface area contributed by atoms with E-state index < -0.39 is 0 Å². The molecule has 0 spiro atoms. The minimum Gasteiger partial charge on any atom is -0.207 e. The van der Waals surface area contributed by atoms with Gasteiger partial charge in [-0.05, 0) is 48.8 Å². The van der Waals surface area contributed by atoms with Crippen molar-refractivity contribution in [2.75, 3.05) is 0 Å². The molecule has 0 heterocycles. The fraction of sp³-hybridized carbons (Fsp3) is 0.625. The molecular formula is C16H23BrF2. The number of benzene rings is 1. The van der Waals surface area contributed by atoms with Crippen LogP contribution in [0.4, 0.5) is 8.78 Å². The van der Waals surface area contributed by atoms with Crippen LogP contribution in [0.1, 0.15) is 56.5 Å². The van der Waals surface area contributed by atoms with Crippen LogP contribution >= 0.6 is 15.9 Å². The zero-order chi connectivity index (χ0) is 14.8. The normalized spacial score (nSPS) is 15.4. The van der Waals surface area contributed by atoms with Gasteiger partial charge in [0.2, 0.25) is 0 Å². The molecular weight excluding hydrogens is 310 g/mol. The van der Waals surface area contributed by atoms with Gasteiger partial charge in [-0.2, -0.15) is 0 Å². The number of hydrogen-bond acceptors (Lipinski definition) is 0. The van der Waals surface area contributed by atoms with Crippen molar-refractivity contribution in [1.29, 1.82) is 0 Å². The lowest BCUT2D eigenvalue weighted by Gasteiger charge is -2.25. The van der Waals surface area contributed by atoms with Crippen LogP contribution in [0.15, 0.2) is 12.1 Å². The van der Waals surface area contributed by atoms with Gasteiger partial charge in [-0.1, -0.05) is 43.6 Å². The van der Waals surface area contributed by atoms with E-state index in [9.17, 15) is 8.78 Å². The standard InChI is InChI=1S/C16H23BrF2/c1-10(9-16(3,4)5)6-13(17)12-8-14(18)11(2)7-15(12)19/h7-8,10,13H,6,9H2,1-5H3. The largest absolute Gasteiger partial charge is 0.207 e. The summed E-state index contributed by atoms with van der Waals surface area (Å²) in [5, 5.41) is 0. The maximum atomic E-state index is 13.9. The monoisotopic (exact) mass is 332 g/mol. The zero-order valence-corrected chi connectivity index (χ0v) is 13.9. The summed E-state index contributed by atoms with van der Waals surface area (Å²) in [5.74, 6) is -0.221. The van der Waals surface area contributed by atoms with Crippen molar-refractivity contribution < 1.29 is 8.78 Å². The Hall–Kier alpha value is -0.440. The van der Waals surface area contributed by atoms with Crippen LogP contribution in [0.25, 0.3) is 0 Å². The van der Waals surface area contributed by atoms with Crippen LogP contribution in [0.3, 0.4) is 0 Å². The molecule has 0 nitrogen and oxygen atoms in total. The van der Waals surface area contributed by atoms with Gasteiger partial charge in [-0.3, -0.25) is 0 Å². The highest BCUT2D eigenvalue weighted by atomic mass is 79.9. The summed E-state index contributed by atoms with van der Waals surface area (Å²) in [6.07, 6.45) is 1.86. The molecule has 0 aliphatic heterocycles. The van der Waals surface area contributed by atoms with Crippen LogP contribution in [0.2, 0.25) is 0 Å². The minimum absolute atomic E-state index is 0.139. The van der Waals surface area contributed by atoms with Crippen LogP contribution in [0, 0.1) is 29.9 Å². The number of alkyl halides is 1. The van der Waals surface area contributed by atoms with E-state index in [1.165, 1.54) is 12.1 Å². The number of halogens is 3. The van der Waals surface area contributed by atoms with Crippen molar-refractivity contribution in [2.24, 2.45) is 11.3 Å². The highest BCUT2D eigenvalue weighted by molar-refractivity contribution is 9.09. The van der Waals surface area contributed by atoms with Crippen LogP contribution in [-0.2, 0) is 0 Å². The molecule has 0 bridgehead atoms. The molecule has 1 aromatic carbocycles. The third kappa shape index (κ3) is 5.21. The van der Waals surface area contributed by atoms with E-state index in [2.05, 4.69) is 43.6 Å². The van der Waals surface area contributed by atoms with Crippen molar-refractivity contribution >= 4 is 15.9 Å². The molecule has 108 valence electrons. The average molecular weight is 333 g/mol. The van der Waals surface area contributed by atoms with Gasteiger partial charge < -0.3 is 0 Å². The van der Waals surface area contributed by atoms with E-state index >= 15 is 0 Å². The highest BCUT2D eigenvalue weighted by Crippen LogP contribution is 2.36. The van der Waals surface area contributed by atoms with Gasteiger partial charge in [0.1, 0.15) is 11.6 Å². The fourth-order valence-corrected chi connectivity index (χ4v) is 3.50. The Morgan fingerprint density at radius 3 is 2.26 bits per heavy atom. The van der Waals surface area contributed by atoms with Crippen molar-refractivity contribution in [3.8, 4) is 0 Å². The van der Waals surface area contributed by atoms with E-state index in [-0.39, 0.29) is 21.9 Å². The molecule has 1 rings (SSSR count). The molecule has 19 heavy (non-hydrogen) atoms. The summed E-state index contributed by atoms with van der Waals surface area (Å²) in [5.41, 5.74) is 1.02. The lowest BCUT2D eigenvalue weighted by atomic mass is 9.83. The van der Waals surface area contributed by atoms with Gasteiger partial charge >= 0.3 is 0 Å². The molecule has 2 unspecified atom stereocenters. The summed E-state index contributed by atoms with van der Waals surface area (Å²) in [6.45, 7) is 10.3. The first kappa shape index (κ1) is 16.6. The lowest BCUT2D eigenvalue weighted by Crippen LogP contribution is -2.12. The van der Waals surface area contributed by atoms with Crippen LogP contribution < -0.4 is 0 Å². The Kier molecular flexibility index (Phi) is 5.54. The molecule has 0 saturated carbocycles. The van der Waals surface area contributed by atoms with Gasteiger partial charge in [-0.25, -0.2) is 8.78 Å². The molecule has 0 aromatic heterocycles. The smallest absolute Gasteiger partial charge is 0.128 e. The minimum atomic E-state index is -0.343. The first-order valence-corrected chi connectivity index (χ1v) is 7.61. The maximum absolute atomic E-state index is 13.9. The predicted octanol–water partition coefficient (Wildman–Crippen LogP) is 6.17. The Morgan fingerprint density at radius 1 is 1.16 bits per heavy atom. The second-order valence-electron chi connectivity index (χ2n) is 6.70. The molecule has 3 heteroatoms. The van der Waals surface area contributed by atoms with Crippen molar-refractivity contribution in [3.63, 3.8) is 0 Å². The van der Waals surface area contributed by atoms with E-state index in [1.807, 2.05) is 0 Å². The highest BCUT2D eigenvalue weighted by Gasteiger charge is 2.21. The van der Waals surface area contributed by atoms with Crippen molar-refractivity contribution in [1.82, 2.24) is 0 Å². The molecule has 0 fully saturated rings. The van der Waals surface area contributed by atoms with E-state index in [4.69, 9.17) is 0 Å². The number of aryl methyl sites for hydroxylation is 1. The molecule has 2 atom stereocenters. The molecule has 0 radical (unpaired) electrons. The Balaban J connectivity index is 2.78. The van der Waals surface area contributed by atoms with Crippen molar-refractivity contribution in [2.45, 2.75) is 52.3 Å². The summed E-state index contributed by atoms with van der Waals surface area (Å²) in [7, 11) is 0. The van der Waals surface area contributed by atoms with Gasteiger partial charge in [0.15, 0.2) is 0 Å². The summed E-state index contributed by atoms with van der Waals surface area (Å²) in [6, 6.07) is 2.58. The number of rotatable bonds is 4. The van der Waals surface area contributed by atoms with Gasteiger partial charge in [-0.15, -0.1) is 0 Å². The summed E-state index contributed by atoms with van der Waals surface area (Å²) in [4.78, 5) is -0.139. The first-order chi connectivity index (χ1) is 8.60. The predicted molar refractivity (Wildman–Crippen MR) is 80.6 cm³/mol. The first-order valence-electron chi connectivity index (χ1n) is 6.70. The lowest BCUT2D eigenvalue weighted by molar-refractivity contribution is 0.296. The Morgan fingerprint density at radius 2 is 1.74 bits per heavy atom. The molecule has 0 saturated heterocycles. The average Bonchev–Trinajstić information content (AvgIpc) is 2.20. The Labute approximate surface area is 123 Å². The van der Waals surface area contributed by atoms with Crippen LogP contribution in [0.5, 0.6) is 0 Å². The molecule has 0 aliphatic carbocycles. The van der Waals surface area contributed by atoms with Gasteiger partial charge in [0.05, 0.1) is 0 Å². The topological polar surface area (TPSA) is 0 Å². The second-order valence-corrected chi connectivity index (χ2v) is 7.80. The third-order valence-electron chi connectivity index (χ3n) is 3.19. The SMILES string of the molecule is Cc1cc(F)c(C(Br)CC(C)CC(C)(C)C)cc1F. The van der Waals surface area contributed by atoms with Crippen LogP contribution in [-0.4, -0.2) is 0 Å². The van der Waals surface area contributed by atoms with E-state index in [0.29, 0.717) is 17.0 Å². The molecule has 0 N–H and O–H groups in total.